The fourth-order valence-electron chi connectivity index (χ4n) is 4.57. The lowest BCUT2D eigenvalue weighted by Crippen LogP contribution is -2.34. The van der Waals surface area contributed by atoms with Gasteiger partial charge in [0.15, 0.2) is 5.82 Å². The fraction of sp³-hybridized carbons (Fsp3) is 0.346. The molecule has 184 valence electrons. The summed E-state index contributed by atoms with van der Waals surface area (Å²) >= 11 is 0. The van der Waals surface area contributed by atoms with E-state index < -0.39 is 9.84 Å². The Hall–Kier alpha value is -3.46. The van der Waals surface area contributed by atoms with Crippen LogP contribution in [-0.2, 0) is 9.84 Å². The van der Waals surface area contributed by atoms with Crippen molar-refractivity contribution < 1.29 is 13.2 Å². The third-order valence-corrected chi connectivity index (χ3v) is 7.22. The van der Waals surface area contributed by atoms with Gasteiger partial charge in [-0.2, -0.15) is 0 Å². The van der Waals surface area contributed by atoms with Crippen molar-refractivity contribution in [3.8, 4) is 11.3 Å². The zero-order chi connectivity index (χ0) is 25.2. The number of benzene rings is 1. The van der Waals surface area contributed by atoms with Crippen LogP contribution in [0.2, 0.25) is 0 Å². The van der Waals surface area contributed by atoms with E-state index in [0.717, 1.165) is 34.6 Å². The molecule has 0 saturated carbocycles. The first-order chi connectivity index (χ1) is 16.7. The second-order valence-electron chi connectivity index (χ2n) is 8.97. The molecule has 3 heterocycles. The summed E-state index contributed by atoms with van der Waals surface area (Å²) in [5.74, 6) is 0.852. The Kier molecular flexibility index (Phi) is 7.07. The molecule has 3 aromatic rings. The minimum absolute atomic E-state index is 0.0892. The molecule has 0 fully saturated rings. The summed E-state index contributed by atoms with van der Waals surface area (Å²) in [5, 5.41) is 2.96. The van der Waals surface area contributed by atoms with Crippen LogP contribution < -0.4 is 10.2 Å². The highest BCUT2D eigenvalue weighted by atomic mass is 32.2. The lowest BCUT2D eigenvalue weighted by molar-refractivity contribution is 0.0940. The van der Waals surface area contributed by atoms with Crippen LogP contribution in [0.4, 0.5) is 5.82 Å². The molecular weight excluding hydrogens is 462 g/mol. The number of aromatic nitrogens is 3. The zero-order valence-corrected chi connectivity index (χ0v) is 21.0. The SMILES string of the molecule is C=CC[C@H]1CNC(=O)c2cc(-c3cccc4nc(C)c(N(CC=C)CCCS(C)(=O)=O)nc34)[nH]c21. The van der Waals surface area contributed by atoms with Gasteiger partial charge >= 0.3 is 0 Å². The highest BCUT2D eigenvalue weighted by Crippen LogP contribution is 2.34. The van der Waals surface area contributed by atoms with Crippen LogP contribution in [0, 0.1) is 6.92 Å². The van der Waals surface area contributed by atoms with Crippen molar-refractivity contribution in [3.63, 3.8) is 0 Å². The number of hydrogen-bond acceptors (Lipinski definition) is 6. The van der Waals surface area contributed by atoms with E-state index >= 15 is 0 Å². The molecule has 1 aliphatic heterocycles. The predicted octanol–water partition coefficient (Wildman–Crippen LogP) is 3.76. The van der Waals surface area contributed by atoms with Gasteiger partial charge in [0.2, 0.25) is 0 Å². The first kappa shape index (κ1) is 24.7. The Morgan fingerprint density at radius 2 is 2.00 bits per heavy atom. The zero-order valence-electron chi connectivity index (χ0n) is 20.2. The maximum atomic E-state index is 12.5. The highest BCUT2D eigenvalue weighted by molar-refractivity contribution is 7.90. The smallest absolute Gasteiger partial charge is 0.253 e. The van der Waals surface area contributed by atoms with Crippen molar-refractivity contribution in [2.45, 2.75) is 25.7 Å². The molecule has 1 aromatic carbocycles. The molecule has 0 aliphatic carbocycles. The van der Waals surface area contributed by atoms with E-state index in [4.69, 9.17) is 9.97 Å². The number of sulfone groups is 1. The van der Waals surface area contributed by atoms with Crippen molar-refractivity contribution in [1.82, 2.24) is 20.3 Å². The molecule has 0 spiro atoms. The molecule has 1 amide bonds. The number of allylic oxidation sites excluding steroid dienone is 1. The summed E-state index contributed by atoms with van der Waals surface area (Å²) in [4.78, 5) is 27.8. The fourth-order valence-corrected chi connectivity index (χ4v) is 5.23. The monoisotopic (exact) mass is 493 g/mol. The predicted molar refractivity (Wildman–Crippen MR) is 141 cm³/mol. The van der Waals surface area contributed by atoms with Crippen LogP contribution in [0.1, 0.15) is 40.5 Å². The first-order valence-electron chi connectivity index (χ1n) is 11.6. The molecular formula is C26H31N5O3S. The van der Waals surface area contributed by atoms with Gasteiger partial charge in [0.1, 0.15) is 15.4 Å². The number of anilines is 1. The molecule has 1 atom stereocenters. The average molecular weight is 494 g/mol. The van der Waals surface area contributed by atoms with E-state index in [0.29, 0.717) is 43.0 Å². The number of para-hydroxylation sites is 1. The van der Waals surface area contributed by atoms with Crippen molar-refractivity contribution in [2.24, 2.45) is 0 Å². The van der Waals surface area contributed by atoms with E-state index in [1.54, 1.807) is 6.08 Å². The van der Waals surface area contributed by atoms with E-state index in [-0.39, 0.29) is 17.6 Å². The molecule has 0 bridgehead atoms. The molecule has 4 rings (SSSR count). The van der Waals surface area contributed by atoms with Crippen LogP contribution in [-0.4, -0.2) is 60.9 Å². The van der Waals surface area contributed by atoms with Crippen molar-refractivity contribution in [1.29, 1.82) is 0 Å². The number of hydrogen-bond donors (Lipinski definition) is 2. The lowest BCUT2D eigenvalue weighted by atomic mass is 9.94. The van der Waals surface area contributed by atoms with Crippen molar-refractivity contribution in [3.05, 3.63) is 66.5 Å². The molecule has 9 heteroatoms. The summed E-state index contributed by atoms with van der Waals surface area (Å²) in [5.41, 5.74) is 5.43. The minimum Gasteiger partial charge on any atom is -0.357 e. The summed E-state index contributed by atoms with van der Waals surface area (Å²) < 4.78 is 23.2. The largest absolute Gasteiger partial charge is 0.357 e. The van der Waals surface area contributed by atoms with Gasteiger partial charge in [0.05, 0.1) is 22.5 Å². The number of rotatable bonds is 10. The Bertz CT molecular complexity index is 1390. The number of carbonyl (C=O) groups is 1. The van der Waals surface area contributed by atoms with Crippen LogP contribution in [0.5, 0.6) is 0 Å². The normalized spacial score (nSPS) is 15.5. The number of aromatic amines is 1. The van der Waals surface area contributed by atoms with Gasteiger partial charge in [-0.15, -0.1) is 13.2 Å². The van der Waals surface area contributed by atoms with Crippen molar-refractivity contribution in [2.75, 3.05) is 36.5 Å². The molecule has 1 aliphatic rings. The average Bonchev–Trinajstić information content (AvgIpc) is 3.25. The van der Waals surface area contributed by atoms with Gasteiger partial charge in [0.25, 0.3) is 5.91 Å². The summed E-state index contributed by atoms with van der Waals surface area (Å²) in [6.45, 7) is 11.2. The van der Waals surface area contributed by atoms with Crippen LogP contribution >= 0.6 is 0 Å². The van der Waals surface area contributed by atoms with Crippen LogP contribution in [0.25, 0.3) is 22.3 Å². The number of nitrogens with one attached hydrogen (secondary N) is 2. The third kappa shape index (κ3) is 5.30. The molecule has 0 unspecified atom stereocenters. The van der Waals surface area contributed by atoms with Gasteiger partial charge in [-0.05, 0) is 31.9 Å². The Labute approximate surface area is 206 Å². The summed E-state index contributed by atoms with van der Waals surface area (Å²) in [6.07, 6.45) is 6.12. The second kappa shape index (κ2) is 10.0. The minimum atomic E-state index is -3.05. The van der Waals surface area contributed by atoms with E-state index in [1.807, 2.05) is 42.2 Å². The number of H-pyrrole nitrogens is 1. The summed E-state index contributed by atoms with van der Waals surface area (Å²) in [7, 11) is -3.05. The van der Waals surface area contributed by atoms with Crippen LogP contribution in [0.3, 0.4) is 0 Å². The lowest BCUT2D eigenvalue weighted by Gasteiger charge is -2.24. The van der Waals surface area contributed by atoms with Crippen LogP contribution in [0.15, 0.2) is 49.6 Å². The number of nitrogens with zero attached hydrogens (tertiary/aromatic N) is 3. The molecule has 35 heavy (non-hydrogen) atoms. The maximum absolute atomic E-state index is 12.5. The Morgan fingerprint density at radius 3 is 2.71 bits per heavy atom. The molecule has 0 radical (unpaired) electrons. The van der Waals surface area contributed by atoms with Gasteiger partial charge < -0.3 is 15.2 Å². The van der Waals surface area contributed by atoms with E-state index in [2.05, 4.69) is 23.5 Å². The number of carbonyl (C=O) groups excluding carboxylic acids is 1. The quantitative estimate of drug-likeness (QED) is 0.416. The van der Waals surface area contributed by atoms with Gasteiger partial charge in [-0.1, -0.05) is 24.3 Å². The molecule has 2 N–H and O–H groups in total. The second-order valence-corrected chi connectivity index (χ2v) is 11.2. The maximum Gasteiger partial charge on any atom is 0.253 e. The number of fused-ring (bicyclic) bond motifs is 2. The third-order valence-electron chi connectivity index (χ3n) is 6.19. The van der Waals surface area contributed by atoms with Gasteiger partial charge in [0, 0.05) is 48.8 Å². The summed E-state index contributed by atoms with van der Waals surface area (Å²) in [6, 6.07) is 7.69. The topological polar surface area (TPSA) is 108 Å². The molecule has 0 saturated heterocycles. The van der Waals surface area contributed by atoms with E-state index in [1.165, 1.54) is 6.26 Å². The standard InChI is InChI=1S/C26H31N5O3S/c1-5-9-18-16-27-26(32)20-15-22(29-23(18)20)19-10-7-11-21-24(19)30-25(17(3)28-21)31(12-6-2)13-8-14-35(4,33)34/h5-7,10-11,15,18,29H,1-2,8-9,12-14,16H2,3-4H3,(H,27,32)/t18-/m0/s1. The van der Waals surface area contributed by atoms with E-state index in [9.17, 15) is 13.2 Å². The van der Waals surface area contributed by atoms with Gasteiger partial charge in [-0.25, -0.2) is 18.4 Å². The molecule has 8 nitrogen and oxygen atoms in total. The Morgan fingerprint density at radius 1 is 1.20 bits per heavy atom. The van der Waals surface area contributed by atoms with Gasteiger partial charge in [-0.3, -0.25) is 4.79 Å². The first-order valence-corrected chi connectivity index (χ1v) is 13.7. The Balaban J connectivity index is 1.77. The number of aryl methyl sites for hydroxylation is 1. The highest BCUT2D eigenvalue weighted by Gasteiger charge is 2.28. The molecule has 2 aromatic heterocycles. The van der Waals surface area contributed by atoms with Crippen molar-refractivity contribution >= 4 is 32.6 Å². The number of amides is 1.